The van der Waals surface area contributed by atoms with Crippen LogP contribution >= 0.6 is 15.9 Å². The van der Waals surface area contributed by atoms with Gasteiger partial charge in [0.15, 0.2) is 11.6 Å². The van der Waals surface area contributed by atoms with E-state index in [1.165, 1.54) is 0 Å². The lowest BCUT2D eigenvalue weighted by Crippen LogP contribution is -2.29. The van der Waals surface area contributed by atoms with E-state index in [1.807, 2.05) is 0 Å². The summed E-state index contributed by atoms with van der Waals surface area (Å²) in [6, 6.07) is 9.41. The molecule has 0 heterocycles. The first-order valence-electron chi connectivity index (χ1n) is 5.78. The van der Waals surface area contributed by atoms with E-state index in [2.05, 4.69) is 26.6 Å². The van der Waals surface area contributed by atoms with Crippen molar-refractivity contribution < 1.29 is 18.4 Å². The number of carbonyl (C=O) groups is 2. The minimum Gasteiger partial charge on any atom is -0.318 e. The molecule has 0 saturated carbocycles. The molecular formula is C14H9BrF2N2O2. The number of benzene rings is 2. The van der Waals surface area contributed by atoms with Crippen LogP contribution < -0.4 is 10.6 Å². The molecule has 0 aliphatic heterocycles. The van der Waals surface area contributed by atoms with Gasteiger partial charge in [-0.1, -0.05) is 15.9 Å². The monoisotopic (exact) mass is 354 g/mol. The van der Waals surface area contributed by atoms with Gasteiger partial charge in [-0.2, -0.15) is 0 Å². The van der Waals surface area contributed by atoms with Crippen LogP contribution in [0.3, 0.4) is 0 Å². The highest BCUT2D eigenvalue weighted by Crippen LogP contribution is 2.15. The van der Waals surface area contributed by atoms with E-state index < -0.39 is 23.4 Å². The van der Waals surface area contributed by atoms with Crippen LogP contribution in [0.15, 0.2) is 46.9 Å². The van der Waals surface area contributed by atoms with Crippen LogP contribution in [0.4, 0.5) is 20.2 Å². The van der Waals surface area contributed by atoms with E-state index in [4.69, 9.17) is 0 Å². The predicted octanol–water partition coefficient (Wildman–Crippen LogP) is 3.30. The van der Waals surface area contributed by atoms with Crippen molar-refractivity contribution in [3.05, 3.63) is 58.6 Å². The molecule has 2 rings (SSSR count). The molecule has 2 N–H and O–H groups in total. The van der Waals surface area contributed by atoms with Gasteiger partial charge in [-0.15, -0.1) is 0 Å². The van der Waals surface area contributed by atoms with Crippen molar-refractivity contribution in [1.82, 2.24) is 0 Å². The molecule has 2 aromatic rings. The Morgan fingerprint density at radius 3 is 1.90 bits per heavy atom. The van der Waals surface area contributed by atoms with Gasteiger partial charge in [0.05, 0.1) is 0 Å². The Balaban J connectivity index is 2.00. The van der Waals surface area contributed by atoms with Crippen molar-refractivity contribution in [2.75, 3.05) is 10.6 Å². The van der Waals surface area contributed by atoms with Gasteiger partial charge < -0.3 is 10.6 Å². The summed E-state index contributed by atoms with van der Waals surface area (Å²) in [7, 11) is 0. The van der Waals surface area contributed by atoms with Crippen LogP contribution in [0.1, 0.15) is 0 Å². The molecule has 108 valence electrons. The Morgan fingerprint density at radius 2 is 1.33 bits per heavy atom. The second-order valence-corrected chi connectivity index (χ2v) is 4.96. The number of carbonyl (C=O) groups excluding carboxylic acids is 2. The number of hydrogen-bond acceptors (Lipinski definition) is 2. The van der Waals surface area contributed by atoms with Crippen molar-refractivity contribution in [2.45, 2.75) is 0 Å². The maximum absolute atomic E-state index is 13.0. The Hall–Kier alpha value is -2.28. The summed E-state index contributed by atoms with van der Waals surface area (Å²) in [4.78, 5) is 23.3. The van der Waals surface area contributed by atoms with E-state index in [0.717, 1.165) is 22.7 Å². The molecule has 0 unspecified atom stereocenters. The zero-order chi connectivity index (χ0) is 15.4. The molecule has 7 heteroatoms. The van der Waals surface area contributed by atoms with Crippen molar-refractivity contribution in [2.24, 2.45) is 0 Å². The summed E-state index contributed by atoms with van der Waals surface area (Å²) in [6.45, 7) is 0. The lowest BCUT2D eigenvalue weighted by atomic mass is 10.3. The van der Waals surface area contributed by atoms with E-state index in [-0.39, 0.29) is 5.69 Å². The third kappa shape index (κ3) is 4.09. The molecule has 0 aromatic heterocycles. The summed E-state index contributed by atoms with van der Waals surface area (Å²) in [5.41, 5.74) is 0.425. The van der Waals surface area contributed by atoms with Gasteiger partial charge >= 0.3 is 11.8 Å². The van der Waals surface area contributed by atoms with Crippen LogP contribution in [0, 0.1) is 11.6 Å². The number of halogens is 3. The molecule has 21 heavy (non-hydrogen) atoms. The van der Waals surface area contributed by atoms with Gasteiger partial charge in [0, 0.05) is 21.9 Å². The Labute approximate surface area is 127 Å². The molecule has 0 atom stereocenters. The lowest BCUT2D eigenvalue weighted by molar-refractivity contribution is -0.133. The Morgan fingerprint density at radius 1 is 0.810 bits per heavy atom. The number of amides is 2. The number of rotatable bonds is 2. The average molecular weight is 355 g/mol. The van der Waals surface area contributed by atoms with Gasteiger partial charge in [-0.3, -0.25) is 9.59 Å². The average Bonchev–Trinajstić information content (AvgIpc) is 2.45. The molecule has 0 aliphatic rings. The van der Waals surface area contributed by atoms with Gasteiger partial charge in [-0.25, -0.2) is 8.78 Å². The third-order valence-electron chi connectivity index (χ3n) is 2.49. The van der Waals surface area contributed by atoms with Gasteiger partial charge in [0.25, 0.3) is 0 Å². The molecule has 0 aliphatic carbocycles. The highest BCUT2D eigenvalue weighted by Gasteiger charge is 2.14. The molecule has 0 bridgehead atoms. The molecule has 4 nitrogen and oxygen atoms in total. The first-order chi connectivity index (χ1) is 9.95. The maximum Gasteiger partial charge on any atom is 0.314 e. The molecule has 0 radical (unpaired) electrons. The fourth-order valence-electron chi connectivity index (χ4n) is 1.48. The van der Waals surface area contributed by atoms with E-state index in [0.29, 0.717) is 5.69 Å². The quantitative estimate of drug-likeness (QED) is 0.813. The van der Waals surface area contributed by atoms with Crippen LogP contribution in [0.2, 0.25) is 0 Å². The zero-order valence-corrected chi connectivity index (χ0v) is 12.1. The molecular weight excluding hydrogens is 346 g/mol. The molecule has 0 fully saturated rings. The largest absolute Gasteiger partial charge is 0.318 e. The highest BCUT2D eigenvalue weighted by atomic mass is 79.9. The van der Waals surface area contributed by atoms with Crippen LogP contribution in [-0.2, 0) is 9.59 Å². The van der Waals surface area contributed by atoms with E-state index in [9.17, 15) is 18.4 Å². The molecule has 0 saturated heterocycles. The third-order valence-corrected chi connectivity index (χ3v) is 3.01. The Bertz CT molecular complexity index is 690. The van der Waals surface area contributed by atoms with Gasteiger partial charge in [0.1, 0.15) is 0 Å². The van der Waals surface area contributed by atoms with Crippen molar-refractivity contribution in [3.63, 3.8) is 0 Å². The number of hydrogen-bond donors (Lipinski definition) is 2. The van der Waals surface area contributed by atoms with Gasteiger partial charge in [0.2, 0.25) is 0 Å². The topological polar surface area (TPSA) is 58.2 Å². The second kappa shape index (κ2) is 6.45. The summed E-state index contributed by atoms with van der Waals surface area (Å²) >= 11 is 3.24. The standard InChI is InChI=1S/C14H9BrF2N2O2/c15-8-1-3-9(4-2-8)18-13(20)14(21)19-10-5-6-11(16)12(17)7-10/h1-7H,(H,18,20)(H,19,21). The van der Waals surface area contributed by atoms with Crippen molar-refractivity contribution >= 4 is 39.1 Å². The van der Waals surface area contributed by atoms with Crippen LogP contribution in [0.5, 0.6) is 0 Å². The second-order valence-electron chi connectivity index (χ2n) is 4.04. The minimum atomic E-state index is -1.11. The van der Waals surface area contributed by atoms with Gasteiger partial charge in [-0.05, 0) is 36.4 Å². The maximum atomic E-state index is 13.0. The van der Waals surface area contributed by atoms with Crippen LogP contribution in [0.25, 0.3) is 0 Å². The molecule has 0 spiro atoms. The SMILES string of the molecule is O=C(Nc1ccc(Br)cc1)C(=O)Nc1ccc(F)c(F)c1. The smallest absolute Gasteiger partial charge is 0.314 e. The highest BCUT2D eigenvalue weighted by molar-refractivity contribution is 9.10. The summed E-state index contributed by atoms with van der Waals surface area (Å²) in [6.07, 6.45) is 0. The number of anilines is 2. The van der Waals surface area contributed by atoms with Crippen molar-refractivity contribution in [1.29, 1.82) is 0 Å². The van der Waals surface area contributed by atoms with E-state index >= 15 is 0 Å². The normalized spacial score (nSPS) is 10.0. The predicted molar refractivity (Wildman–Crippen MR) is 77.8 cm³/mol. The molecule has 2 aromatic carbocycles. The first kappa shape index (κ1) is 15.1. The Kier molecular flexibility index (Phi) is 4.64. The van der Waals surface area contributed by atoms with E-state index in [1.54, 1.807) is 24.3 Å². The summed E-state index contributed by atoms with van der Waals surface area (Å²) in [5, 5.41) is 4.55. The number of nitrogens with one attached hydrogen (secondary N) is 2. The fraction of sp³-hybridized carbons (Fsp3) is 0. The summed E-state index contributed by atoms with van der Waals surface area (Å²) < 4.78 is 26.6. The summed E-state index contributed by atoms with van der Waals surface area (Å²) in [5.74, 6) is -4.04. The fourth-order valence-corrected chi connectivity index (χ4v) is 1.75. The first-order valence-corrected chi connectivity index (χ1v) is 6.58. The molecule has 2 amide bonds. The van der Waals surface area contributed by atoms with Crippen molar-refractivity contribution in [3.8, 4) is 0 Å². The zero-order valence-electron chi connectivity index (χ0n) is 10.5. The minimum absolute atomic E-state index is 0.00939. The van der Waals surface area contributed by atoms with Crippen LogP contribution in [-0.4, -0.2) is 11.8 Å². The lowest BCUT2D eigenvalue weighted by Gasteiger charge is -2.07.